The van der Waals surface area contributed by atoms with Crippen molar-refractivity contribution in [2.75, 3.05) is 14.2 Å². The first-order chi connectivity index (χ1) is 12.2. The molecule has 2 aromatic heterocycles. The Labute approximate surface area is 157 Å². The van der Waals surface area contributed by atoms with E-state index in [2.05, 4.69) is 9.97 Å². The van der Waals surface area contributed by atoms with Crippen LogP contribution in [0.15, 0.2) is 48.9 Å². The third-order valence-corrected chi connectivity index (χ3v) is 4.33. The molecule has 0 aliphatic heterocycles. The number of benzene rings is 2. The van der Waals surface area contributed by atoms with Crippen molar-refractivity contribution in [2.45, 2.75) is 6.54 Å². The highest BCUT2D eigenvalue weighted by molar-refractivity contribution is 6.04. The minimum atomic E-state index is 0. The molecule has 2 aromatic carbocycles. The number of aromatic nitrogens is 3. The molecule has 0 saturated heterocycles. The molecule has 0 atom stereocenters. The number of hydrogen-bond donors (Lipinski definition) is 1. The second-order valence-electron chi connectivity index (χ2n) is 5.70. The van der Waals surface area contributed by atoms with E-state index < -0.39 is 0 Å². The van der Waals surface area contributed by atoms with Gasteiger partial charge in [0.25, 0.3) is 0 Å². The second-order valence-corrected chi connectivity index (χ2v) is 5.70. The highest BCUT2D eigenvalue weighted by Gasteiger charge is 2.14. The van der Waals surface area contributed by atoms with E-state index in [-0.39, 0.29) is 12.4 Å². The number of nitrogens with two attached hydrogens (primary N) is 1. The molecular weight excluding hydrogens is 352 g/mol. The Hall–Kier alpha value is -2.83. The van der Waals surface area contributed by atoms with Gasteiger partial charge in [-0.05, 0) is 23.8 Å². The topological polar surface area (TPSA) is 75.2 Å². The normalized spacial score (nSPS) is 10.7. The highest BCUT2D eigenvalue weighted by Crippen LogP contribution is 2.35. The average Bonchev–Trinajstić information content (AvgIpc) is 3.11. The van der Waals surface area contributed by atoms with Crippen LogP contribution in [0.25, 0.3) is 27.6 Å². The molecule has 7 heteroatoms. The number of methoxy groups -OCH3 is 2. The van der Waals surface area contributed by atoms with Crippen LogP contribution >= 0.6 is 12.4 Å². The summed E-state index contributed by atoms with van der Waals surface area (Å²) >= 11 is 0. The van der Waals surface area contributed by atoms with Crippen LogP contribution in [-0.2, 0) is 6.54 Å². The van der Waals surface area contributed by atoms with E-state index in [1.54, 1.807) is 26.7 Å². The van der Waals surface area contributed by atoms with Gasteiger partial charge in [-0.2, -0.15) is 0 Å². The Morgan fingerprint density at radius 3 is 2.31 bits per heavy atom. The Balaban J connectivity index is 0.00000196. The van der Waals surface area contributed by atoms with Gasteiger partial charge in [0.05, 0.1) is 31.4 Å². The van der Waals surface area contributed by atoms with E-state index in [1.807, 2.05) is 41.0 Å². The molecule has 0 fully saturated rings. The molecule has 2 N–H and O–H groups in total. The van der Waals surface area contributed by atoms with Crippen molar-refractivity contribution in [2.24, 2.45) is 5.73 Å². The van der Waals surface area contributed by atoms with Gasteiger partial charge < -0.3 is 15.2 Å². The van der Waals surface area contributed by atoms with Crippen molar-refractivity contribution >= 4 is 34.3 Å². The maximum Gasteiger partial charge on any atom is 0.162 e. The summed E-state index contributed by atoms with van der Waals surface area (Å²) in [4.78, 5) is 8.99. The lowest BCUT2D eigenvalue weighted by Gasteiger charge is -2.11. The summed E-state index contributed by atoms with van der Waals surface area (Å²) in [5.74, 6) is 1.32. The summed E-state index contributed by atoms with van der Waals surface area (Å²) in [5.41, 5.74) is 10.4. The van der Waals surface area contributed by atoms with Crippen molar-refractivity contribution in [3.8, 4) is 17.2 Å². The number of ether oxygens (including phenoxy) is 2. The third kappa shape index (κ3) is 2.83. The van der Waals surface area contributed by atoms with Gasteiger partial charge in [-0.25, -0.2) is 4.98 Å². The highest BCUT2D eigenvalue weighted by atomic mass is 35.5. The molecule has 0 saturated carbocycles. The molecule has 26 heavy (non-hydrogen) atoms. The summed E-state index contributed by atoms with van der Waals surface area (Å²) in [7, 11) is 3.24. The van der Waals surface area contributed by atoms with Gasteiger partial charge in [0.1, 0.15) is 11.8 Å². The minimum Gasteiger partial charge on any atom is -0.493 e. The molecule has 6 nitrogen and oxygen atoms in total. The van der Waals surface area contributed by atoms with Crippen LogP contribution in [0.5, 0.6) is 11.5 Å². The number of pyridine rings is 1. The molecule has 4 aromatic rings. The molecule has 0 unspecified atom stereocenters. The fourth-order valence-electron chi connectivity index (χ4n) is 3.01. The van der Waals surface area contributed by atoms with E-state index in [0.29, 0.717) is 18.0 Å². The summed E-state index contributed by atoms with van der Waals surface area (Å²) in [5, 5.41) is 0.954. The van der Waals surface area contributed by atoms with Crippen LogP contribution in [0.2, 0.25) is 0 Å². The molecule has 0 spiro atoms. The van der Waals surface area contributed by atoms with E-state index in [0.717, 1.165) is 33.2 Å². The molecule has 0 bridgehead atoms. The van der Waals surface area contributed by atoms with Crippen LogP contribution in [0.4, 0.5) is 0 Å². The van der Waals surface area contributed by atoms with Crippen molar-refractivity contribution in [1.29, 1.82) is 0 Å². The fourth-order valence-corrected chi connectivity index (χ4v) is 3.01. The molecule has 134 valence electrons. The zero-order valence-electron chi connectivity index (χ0n) is 14.5. The van der Waals surface area contributed by atoms with Crippen molar-refractivity contribution in [3.63, 3.8) is 0 Å². The number of halogens is 1. The molecular formula is C19H19ClN4O2. The lowest BCUT2D eigenvalue weighted by atomic mass is 10.1. The average molecular weight is 371 g/mol. The Morgan fingerprint density at radius 1 is 0.962 bits per heavy atom. The molecule has 0 aliphatic carbocycles. The van der Waals surface area contributed by atoms with Gasteiger partial charge in [0.2, 0.25) is 0 Å². The lowest BCUT2D eigenvalue weighted by molar-refractivity contribution is 0.356. The zero-order chi connectivity index (χ0) is 17.4. The summed E-state index contributed by atoms with van der Waals surface area (Å²) < 4.78 is 12.9. The second kappa shape index (κ2) is 7.19. The zero-order valence-corrected chi connectivity index (χ0v) is 15.3. The van der Waals surface area contributed by atoms with E-state index in [9.17, 15) is 0 Å². The molecule has 0 amide bonds. The van der Waals surface area contributed by atoms with Gasteiger partial charge in [0.15, 0.2) is 11.5 Å². The van der Waals surface area contributed by atoms with Crippen LogP contribution in [-0.4, -0.2) is 28.8 Å². The monoisotopic (exact) mass is 370 g/mol. The number of imidazole rings is 1. The Kier molecular flexibility index (Phi) is 4.97. The molecule has 0 aliphatic rings. The van der Waals surface area contributed by atoms with Gasteiger partial charge in [-0.1, -0.05) is 12.1 Å². The number of hydrogen-bond acceptors (Lipinski definition) is 5. The molecule has 4 rings (SSSR count). The van der Waals surface area contributed by atoms with E-state index >= 15 is 0 Å². The quantitative estimate of drug-likeness (QED) is 0.595. The predicted molar refractivity (Wildman–Crippen MR) is 105 cm³/mol. The number of rotatable bonds is 4. The summed E-state index contributed by atoms with van der Waals surface area (Å²) in [6.45, 7) is 0.523. The first-order valence-electron chi connectivity index (χ1n) is 7.92. The predicted octanol–water partition coefficient (Wildman–Crippen LogP) is 3.47. The maximum absolute atomic E-state index is 5.69. The van der Waals surface area contributed by atoms with Crippen LogP contribution in [0.3, 0.4) is 0 Å². The molecule has 2 heterocycles. The van der Waals surface area contributed by atoms with Crippen molar-refractivity contribution in [3.05, 3.63) is 54.5 Å². The SMILES string of the molecule is COc1cc2ncc3ncn(-c4ccc(CN)cc4)c3c2cc1OC.Cl. The number of fused-ring (bicyclic) bond motifs is 3. The number of nitrogens with zero attached hydrogens (tertiary/aromatic N) is 3. The summed E-state index contributed by atoms with van der Waals surface area (Å²) in [6.07, 6.45) is 3.58. The third-order valence-electron chi connectivity index (χ3n) is 4.33. The lowest BCUT2D eigenvalue weighted by Crippen LogP contribution is -1.98. The smallest absolute Gasteiger partial charge is 0.162 e. The van der Waals surface area contributed by atoms with Crippen LogP contribution < -0.4 is 15.2 Å². The van der Waals surface area contributed by atoms with Crippen LogP contribution in [0, 0.1) is 0 Å². The van der Waals surface area contributed by atoms with Gasteiger partial charge in [0, 0.05) is 23.7 Å². The first-order valence-corrected chi connectivity index (χ1v) is 7.92. The van der Waals surface area contributed by atoms with Crippen molar-refractivity contribution in [1.82, 2.24) is 14.5 Å². The van der Waals surface area contributed by atoms with Gasteiger partial charge >= 0.3 is 0 Å². The van der Waals surface area contributed by atoms with E-state index in [4.69, 9.17) is 15.2 Å². The Morgan fingerprint density at radius 2 is 1.65 bits per heavy atom. The Bertz CT molecular complexity index is 1060. The van der Waals surface area contributed by atoms with Gasteiger partial charge in [-0.3, -0.25) is 9.55 Å². The van der Waals surface area contributed by atoms with Crippen molar-refractivity contribution < 1.29 is 9.47 Å². The minimum absolute atomic E-state index is 0. The summed E-state index contributed by atoms with van der Waals surface area (Å²) in [6, 6.07) is 11.9. The van der Waals surface area contributed by atoms with Gasteiger partial charge in [-0.15, -0.1) is 12.4 Å². The maximum atomic E-state index is 5.69. The largest absolute Gasteiger partial charge is 0.493 e. The fraction of sp³-hybridized carbons (Fsp3) is 0.158. The standard InChI is InChI=1S/C19H18N4O2.ClH/c1-24-17-7-14-15(8-18(17)25-2)21-10-16-19(14)23(11-22-16)13-5-3-12(9-20)4-6-13;/h3-8,10-11H,9,20H2,1-2H3;1H. The first kappa shape index (κ1) is 18.0. The van der Waals surface area contributed by atoms with Crippen LogP contribution in [0.1, 0.15) is 5.56 Å². The molecule has 0 radical (unpaired) electrons. The van der Waals surface area contributed by atoms with E-state index in [1.165, 1.54) is 0 Å².